The van der Waals surface area contributed by atoms with Gasteiger partial charge in [0.2, 0.25) is 0 Å². The average Bonchev–Trinajstić information content (AvgIpc) is 2.48. The van der Waals surface area contributed by atoms with Gasteiger partial charge in [0.1, 0.15) is 4.99 Å². The minimum absolute atomic E-state index is 0.330. The van der Waals surface area contributed by atoms with E-state index in [1.807, 2.05) is 24.3 Å². The maximum atomic E-state index is 11.8. The number of para-hydroxylation sites is 1. The van der Waals surface area contributed by atoms with Crippen LogP contribution in [0, 0.1) is 0 Å². The molecule has 0 fully saturated rings. The first-order valence-electron chi connectivity index (χ1n) is 6.24. The minimum atomic E-state index is -0.330. The Bertz CT molecular complexity index is 675. The zero-order valence-electron chi connectivity index (χ0n) is 11.1. The first-order chi connectivity index (χ1) is 10.1. The van der Waals surface area contributed by atoms with E-state index in [-0.39, 0.29) is 6.03 Å². The van der Waals surface area contributed by atoms with Crippen molar-refractivity contribution in [1.82, 2.24) is 5.32 Å². The average molecular weight is 320 g/mol. The Morgan fingerprint density at radius 1 is 1.19 bits per heavy atom. The lowest BCUT2D eigenvalue weighted by Gasteiger charge is -2.09. The summed E-state index contributed by atoms with van der Waals surface area (Å²) in [6.45, 7) is 0.368. The summed E-state index contributed by atoms with van der Waals surface area (Å²) in [5.41, 5.74) is 7.82. The van der Waals surface area contributed by atoms with Crippen molar-refractivity contribution in [3.8, 4) is 0 Å². The van der Waals surface area contributed by atoms with Crippen molar-refractivity contribution in [2.24, 2.45) is 5.73 Å². The summed E-state index contributed by atoms with van der Waals surface area (Å²) < 4.78 is 0. The third-order valence-electron chi connectivity index (χ3n) is 2.79. The van der Waals surface area contributed by atoms with E-state index in [1.54, 1.807) is 24.3 Å². The van der Waals surface area contributed by atoms with Crippen LogP contribution in [0.3, 0.4) is 0 Å². The zero-order chi connectivity index (χ0) is 15.2. The molecule has 108 valence electrons. The van der Waals surface area contributed by atoms with Crippen LogP contribution in [-0.2, 0) is 6.54 Å². The Kier molecular flexibility index (Phi) is 5.14. The van der Waals surface area contributed by atoms with E-state index in [1.165, 1.54) is 0 Å². The lowest BCUT2D eigenvalue weighted by atomic mass is 10.1. The molecule has 0 spiro atoms. The first-order valence-corrected chi connectivity index (χ1v) is 7.03. The predicted molar refractivity (Wildman–Crippen MR) is 89.6 cm³/mol. The fourth-order valence-electron chi connectivity index (χ4n) is 1.75. The van der Waals surface area contributed by atoms with Crippen LogP contribution >= 0.6 is 23.8 Å². The second kappa shape index (κ2) is 7.06. The number of carbonyl (C=O) groups excluding carboxylic acids is 1. The summed E-state index contributed by atoms with van der Waals surface area (Å²) in [7, 11) is 0. The molecule has 4 nitrogen and oxygen atoms in total. The van der Waals surface area contributed by atoms with Gasteiger partial charge >= 0.3 is 6.03 Å². The monoisotopic (exact) mass is 319 g/mol. The van der Waals surface area contributed by atoms with Crippen LogP contribution in [0.5, 0.6) is 0 Å². The molecule has 2 rings (SSSR count). The number of urea groups is 1. The molecule has 4 N–H and O–H groups in total. The Balaban J connectivity index is 1.94. The molecule has 0 atom stereocenters. The lowest BCUT2D eigenvalue weighted by Crippen LogP contribution is -2.28. The summed E-state index contributed by atoms with van der Waals surface area (Å²) in [5.74, 6) is 0. The van der Waals surface area contributed by atoms with E-state index in [0.717, 1.165) is 11.1 Å². The fourth-order valence-corrected chi connectivity index (χ4v) is 2.06. The zero-order valence-corrected chi connectivity index (χ0v) is 12.7. The van der Waals surface area contributed by atoms with Gasteiger partial charge in [0.25, 0.3) is 0 Å². The van der Waals surface area contributed by atoms with E-state index in [0.29, 0.717) is 22.2 Å². The molecule has 2 aromatic carbocycles. The SMILES string of the molecule is NC(=S)c1cccc(CNC(=O)Nc2ccccc2Cl)c1. The highest BCUT2D eigenvalue weighted by atomic mass is 35.5. The van der Waals surface area contributed by atoms with Gasteiger partial charge in [0.05, 0.1) is 10.7 Å². The number of amides is 2. The number of thiocarbonyl (C=S) groups is 1. The molecule has 0 aliphatic carbocycles. The van der Waals surface area contributed by atoms with Crippen molar-refractivity contribution in [2.75, 3.05) is 5.32 Å². The maximum absolute atomic E-state index is 11.8. The van der Waals surface area contributed by atoms with Crippen LogP contribution in [0.2, 0.25) is 5.02 Å². The van der Waals surface area contributed by atoms with Crippen molar-refractivity contribution < 1.29 is 4.79 Å². The molecular formula is C15H14ClN3OS. The lowest BCUT2D eigenvalue weighted by molar-refractivity contribution is 0.251. The van der Waals surface area contributed by atoms with Gasteiger partial charge in [-0.1, -0.05) is 54.2 Å². The molecule has 0 radical (unpaired) electrons. The highest BCUT2D eigenvalue weighted by Gasteiger charge is 2.05. The topological polar surface area (TPSA) is 67.1 Å². The molecule has 6 heteroatoms. The molecule has 2 amide bonds. The van der Waals surface area contributed by atoms with Gasteiger partial charge in [-0.2, -0.15) is 0 Å². The van der Waals surface area contributed by atoms with E-state index in [4.69, 9.17) is 29.6 Å². The smallest absolute Gasteiger partial charge is 0.319 e. The molecule has 21 heavy (non-hydrogen) atoms. The number of hydrogen-bond acceptors (Lipinski definition) is 2. The number of halogens is 1. The van der Waals surface area contributed by atoms with Crippen LogP contribution in [0.1, 0.15) is 11.1 Å². The van der Waals surface area contributed by atoms with Gasteiger partial charge in [0.15, 0.2) is 0 Å². The number of anilines is 1. The van der Waals surface area contributed by atoms with Gasteiger partial charge in [-0.15, -0.1) is 0 Å². The van der Waals surface area contributed by atoms with E-state index < -0.39 is 0 Å². The van der Waals surface area contributed by atoms with Crippen LogP contribution in [0.4, 0.5) is 10.5 Å². The number of nitrogens with two attached hydrogens (primary N) is 1. The third-order valence-corrected chi connectivity index (χ3v) is 3.35. The standard InChI is InChI=1S/C15H14ClN3OS/c16-12-6-1-2-7-13(12)19-15(20)18-9-10-4-3-5-11(8-10)14(17)21/h1-8H,9H2,(H2,17,21)(H2,18,19,20). The quantitative estimate of drug-likeness (QED) is 0.757. The third kappa shape index (κ3) is 4.44. The molecular weight excluding hydrogens is 306 g/mol. The molecule has 0 saturated carbocycles. The summed E-state index contributed by atoms with van der Waals surface area (Å²) in [4.78, 5) is 12.2. The van der Waals surface area contributed by atoms with Gasteiger partial charge in [-0.3, -0.25) is 0 Å². The van der Waals surface area contributed by atoms with Gasteiger partial charge in [0, 0.05) is 12.1 Å². The minimum Gasteiger partial charge on any atom is -0.389 e. The van der Waals surface area contributed by atoms with Crippen LogP contribution < -0.4 is 16.4 Å². The molecule has 0 aromatic heterocycles. The van der Waals surface area contributed by atoms with Crippen molar-refractivity contribution in [3.05, 3.63) is 64.7 Å². The van der Waals surface area contributed by atoms with E-state index in [2.05, 4.69) is 10.6 Å². The predicted octanol–water partition coefficient (Wildman–Crippen LogP) is 3.30. The Morgan fingerprint density at radius 2 is 1.95 bits per heavy atom. The highest BCUT2D eigenvalue weighted by molar-refractivity contribution is 7.80. The second-order valence-corrected chi connectivity index (χ2v) is 5.20. The van der Waals surface area contributed by atoms with Crippen LogP contribution in [0.15, 0.2) is 48.5 Å². The van der Waals surface area contributed by atoms with Crippen LogP contribution in [-0.4, -0.2) is 11.0 Å². The Hall–Kier alpha value is -2.11. The molecule has 0 bridgehead atoms. The van der Waals surface area contributed by atoms with Gasteiger partial charge < -0.3 is 16.4 Å². The number of benzene rings is 2. The number of carbonyl (C=O) groups is 1. The maximum Gasteiger partial charge on any atom is 0.319 e. The largest absolute Gasteiger partial charge is 0.389 e. The normalized spacial score (nSPS) is 9.95. The van der Waals surface area contributed by atoms with E-state index in [9.17, 15) is 4.79 Å². The summed E-state index contributed by atoms with van der Waals surface area (Å²) in [6.07, 6.45) is 0. The van der Waals surface area contributed by atoms with Crippen molar-refractivity contribution in [1.29, 1.82) is 0 Å². The summed E-state index contributed by atoms with van der Waals surface area (Å²) in [5, 5.41) is 5.92. The van der Waals surface area contributed by atoms with Crippen molar-refractivity contribution >= 4 is 40.5 Å². The molecule has 0 heterocycles. The molecule has 0 aliphatic heterocycles. The van der Waals surface area contributed by atoms with Crippen molar-refractivity contribution in [3.63, 3.8) is 0 Å². The van der Waals surface area contributed by atoms with Crippen LogP contribution in [0.25, 0.3) is 0 Å². The van der Waals surface area contributed by atoms with E-state index >= 15 is 0 Å². The van der Waals surface area contributed by atoms with Gasteiger partial charge in [-0.05, 0) is 23.8 Å². The Labute approximate surface area is 133 Å². The number of hydrogen-bond donors (Lipinski definition) is 3. The fraction of sp³-hybridized carbons (Fsp3) is 0.0667. The molecule has 0 aliphatic rings. The number of nitrogens with one attached hydrogen (secondary N) is 2. The van der Waals surface area contributed by atoms with Gasteiger partial charge in [-0.25, -0.2) is 4.79 Å². The van der Waals surface area contributed by atoms with Crippen molar-refractivity contribution in [2.45, 2.75) is 6.54 Å². The summed E-state index contributed by atoms with van der Waals surface area (Å²) >= 11 is 10.9. The Morgan fingerprint density at radius 3 is 2.67 bits per heavy atom. The molecule has 0 saturated heterocycles. The number of rotatable bonds is 4. The highest BCUT2D eigenvalue weighted by Crippen LogP contribution is 2.20. The first kappa shape index (κ1) is 15.3. The molecule has 2 aromatic rings. The second-order valence-electron chi connectivity index (χ2n) is 4.35. The molecule has 0 unspecified atom stereocenters. The summed E-state index contributed by atoms with van der Waals surface area (Å²) in [6, 6.07) is 14.1.